The zero-order chi connectivity index (χ0) is 24.7. The van der Waals surface area contributed by atoms with Crippen LogP contribution in [0.2, 0.25) is 0 Å². The number of imide groups is 1. The number of benzene rings is 3. The Bertz CT molecular complexity index is 1310. The van der Waals surface area contributed by atoms with Crippen molar-refractivity contribution in [1.82, 2.24) is 10.4 Å². The molecule has 0 spiro atoms. The minimum absolute atomic E-state index is 0.350. The van der Waals surface area contributed by atoms with E-state index in [9.17, 15) is 14.4 Å². The van der Waals surface area contributed by atoms with Gasteiger partial charge in [0.05, 0.1) is 24.3 Å². The molecule has 3 atom stereocenters. The fourth-order valence-electron chi connectivity index (χ4n) is 4.77. The summed E-state index contributed by atoms with van der Waals surface area (Å²) >= 11 is 3.40. The zero-order valence-electron chi connectivity index (χ0n) is 19.3. The molecule has 5 rings (SSSR count). The highest BCUT2D eigenvalue weighted by Gasteiger charge is 2.60. The number of amides is 3. The van der Waals surface area contributed by atoms with Crippen LogP contribution in [0.5, 0.6) is 5.75 Å². The van der Waals surface area contributed by atoms with E-state index in [0.29, 0.717) is 23.6 Å². The number of carbonyl (C=O) groups is 3. The summed E-state index contributed by atoms with van der Waals surface area (Å²) in [5.41, 5.74) is 5.82. The first-order valence-electron chi connectivity index (χ1n) is 11.4. The van der Waals surface area contributed by atoms with Gasteiger partial charge < -0.3 is 4.74 Å². The lowest BCUT2D eigenvalue weighted by atomic mass is 9.90. The molecule has 2 heterocycles. The lowest BCUT2D eigenvalue weighted by Crippen LogP contribution is -2.48. The van der Waals surface area contributed by atoms with Gasteiger partial charge in [-0.1, -0.05) is 57.9 Å². The summed E-state index contributed by atoms with van der Waals surface area (Å²) in [5, 5.41) is 1.31. The van der Waals surface area contributed by atoms with Gasteiger partial charge in [-0.15, -0.1) is 0 Å². The molecule has 2 aliphatic heterocycles. The second-order valence-corrected chi connectivity index (χ2v) is 9.50. The first-order valence-corrected chi connectivity index (χ1v) is 12.2. The van der Waals surface area contributed by atoms with Gasteiger partial charge in [0.25, 0.3) is 11.8 Å². The number of carbonyl (C=O) groups excluding carboxylic acids is 3. The first kappa shape index (κ1) is 23.3. The van der Waals surface area contributed by atoms with Crippen molar-refractivity contribution in [2.45, 2.75) is 25.9 Å². The third-order valence-corrected chi connectivity index (χ3v) is 6.86. The highest BCUT2D eigenvalue weighted by Crippen LogP contribution is 2.44. The molecule has 2 aliphatic rings. The molecule has 3 amide bonds. The topological polar surface area (TPSA) is 79.0 Å². The molecule has 0 unspecified atom stereocenters. The van der Waals surface area contributed by atoms with Crippen LogP contribution in [0.3, 0.4) is 0 Å². The van der Waals surface area contributed by atoms with Crippen LogP contribution in [0.4, 0.5) is 5.69 Å². The van der Waals surface area contributed by atoms with E-state index in [2.05, 4.69) is 21.4 Å². The molecular weight excluding hydrogens is 510 g/mol. The van der Waals surface area contributed by atoms with E-state index >= 15 is 0 Å². The van der Waals surface area contributed by atoms with E-state index in [1.165, 1.54) is 9.91 Å². The number of nitrogens with one attached hydrogen (secondary N) is 1. The van der Waals surface area contributed by atoms with E-state index in [-0.39, 0.29) is 11.8 Å². The Morgan fingerprint density at radius 2 is 1.74 bits per heavy atom. The Labute approximate surface area is 211 Å². The number of fused-ring (bicyclic) bond motifs is 1. The molecule has 2 saturated heterocycles. The van der Waals surface area contributed by atoms with E-state index in [1.807, 2.05) is 56.3 Å². The second kappa shape index (κ2) is 9.28. The molecule has 2 fully saturated rings. The van der Waals surface area contributed by atoms with Gasteiger partial charge in [0.15, 0.2) is 0 Å². The number of para-hydroxylation sites is 1. The van der Waals surface area contributed by atoms with Gasteiger partial charge in [-0.25, -0.2) is 10.3 Å². The van der Waals surface area contributed by atoms with Crippen molar-refractivity contribution in [2.24, 2.45) is 5.92 Å². The predicted octanol–water partition coefficient (Wildman–Crippen LogP) is 4.42. The average molecular weight is 534 g/mol. The van der Waals surface area contributed by atoms with Crippen molar-refractivity contribution in [3.63, 3.8) is 0 Å². The van der Waals surface area contributed by atoms with Crippen LogP contribution in [0.25, 0.3) is 0 Å². The summed E-state index contributed by atoms with van der Waals surface area (Å²) in [6, 6.07) is 20.0. The summed E-state index contributed by atoms with van der Waals surface area (Å²) in [6.45, 7) is 4.27. The molecule has 178 valence electrons. The van der Waals surface area contributed by atoms with Gasteiger partial charge in [-0.2, -0.15) is 0 Å². The molecule has 8 heteroatoms. The Morgan fingerprint density at radius 3 is 2.46 bits per heavy atom. The third kappa shape index (κ3) is 4.02. The molecule has 1 N–H and O–H groups in total. The standard InChI is InChI=1S/C27H24BrN3O4/c1-3-35-21-10-5-4-9-20(21)23-22-24(31(29-23)25(32)17-7-6-8-18(28)15-17)27(34)30(26(22)33)19-13-11-16(2)12-14-19/h4-15,22-24,29H,3H2,1-2H3/t22-,23+,24-/m1/s1. The SMILES string of the molecule is CCOc1ccccc1[C@@H]1NN(C(=O)c2cccc(Br)c2)[C@H]2C(=O)N(c3ccc(C)cc3)C(=O)[C@H]12. The van der Waals surface area contributed by atoms with Crippen LogP contribution in [0.1, 0.15) is 34.5 Å². The normalized spacial score (nSPS) is 21.4. The van der Waals surface area contributed by atoms with Crippen molar-refractivity contribution in [3.8, 4) is 5.75 Å². The minimum atomic E-state index is -0.991. The van der Waals surface area contributed by atoms with Crippen molar-refractivity contribution < 1.29 is 19.1 Å². The summed E-state index contributed by atoms with van der Waals surface area (Å²) in [7, 11) is 0. The van der Waals surface area contributed by atoms with Crippen LogP contribution in [-0.2, 0) is 9.59 Å². The highest BCUT2D eigenvalue weighted by atomic mass is 79.9. The smallest absolute Gasteiger partial charge is 0.268 e. The summed E-state index contributed by atoms with van der Waals surface area (Å²) < 4.78 is 6.56. The average Bonchev–Trinajstić information content (AvgIpc) is 3.36. The number of aryl methyl sites for hydroxylation is 1. The molecule has 0 aromatic heterocycles. The lowest BCUT2D eigenvalue weighted by molar-refractivity contribution is -0.123. The molecule has 0 bridgehead atoms. The fourth-order valence-corrected chi connectivity index (χ4v) is 5.17. The number of halogens is 1. The molecule has 3 aromatic rings. The Morgan fingerprint density at radius 1 is 1.00 bits per heavy atom. The molecule has 35 heavy (non-hydrogen) atoms. The number of hydrogen-bond acceptors (Lipinski definition) is 5. The van der Waals surface area contributed by atoms with Crippen molar-refractivity contribution in [1.29, 1.82) is 0 Å². The number of rotatable bonds is 5. The van der Waals surface area contributed by atoms with Crippen LogP contribution < -0.4 is 15.1 Å². The quantitative estimate of drug-likeness (QED) is 0.491. The number of hydrogen-bond donors (Lipinski definition) is 1. The van der Waals surface area contributed by atoms with Crippen LogP contribution in [0.15, 0.2) is 77.3 Å². The molecule has 3 aromatic carbocycles. The summed E-state index contributed by atoms with van der Waals surface area (Å²) in [4.78, 5) is 42.3. The largest absolute Gasteiger partial charge is 0.494 e. The van der Waals surface area contributed by atoms with Crippen molar-refractivity contribution in [3.05, 3.63) is 94.0 Å². The third-order valence-electron chi connectivity index (χ3n) is 6.37. The van der Waals surface area contributed by atoms with Gasteiger partial charge in [-0.05, 0) is 50.2 Å². The molecule has 0 radical (unpaired) electrons. The van der Waals surface area contributed by atoms with Crippen LogP contribution in [-0.4, -0.2) is 35.4 Å². The first-order chi connectivity index (χ1) is 16.9. The molecule has 0 aliphatic carbocycles. The lowest BCUT2D eigenvalue weighted by Gasteiger charge is -2.26. The van der Waals surface area contributed by atoms with Gasteiger partial charge in [0.1, 0.15) is 11.8 Å². The molecular formula is C27H24BrN3O4. The maximum Gasteiger partial charge on any atom is 0.268 e. The summed E-state index contributed by atoms with van der Waals surface area (Å²) in [6.07, 6.45) is 0. The predicted molar refractivity (Wildman–Crippen MR) is 135 cm³/mol. The van der Waals surface area contributed by atoms with E-state index < -0.39 is 23.9 Å². The van der Waals surface area contributed by atoms with E-state index in [1.54, 1.807) is 30.3 Å². The zero-order valence-corrected chi connectivity index (χ0v) is 20.9. The van der Waals surface area contributed by atoms with Gasteiger partial charge >= 0.3 is 0 Å². The summed E-state index contributed by atoms with van der Waals surface area (Å²) in [5.74, 6) is -1.36. The van der Waals surface area contributed by atoms with E-state index in [4.69, 9.17) is 4.74 Å². The Kier molecular flexibility index (Phi) is 6.17. The van der Waals surface area contributed by atoms with Gasteiger partial charge in [0.2, 0.25) is 5.91 Å². The Hall–Kier alpha value is -3.49. The molecule has 0 saturated carbocycles. The Balaban J connectivity index is 1.60. The fraction of sp³-hybridized carbons (Fsp3) is 0.222. The van der Waals surface area contributed by atoms with Crippen LogP contribution in [0, 0.1) is 12.8 Å². The number of anilines is 1. The second-order valence-electron chi connectivity index (χ2n) is 8.58. The number of nitrogens with zero attached hydrogens (tertiary/aromatic N) is 2. The van der Waals surface area contributed by atoms with Gasteiger partial charge in [0, 0.05) is 15.6 Å². The van der Waals surface area contributed by atoms with Crippen molar-refractivity contribution >= 4 is 39.3 Å². The maximum atomic E-state index is 13.8. The number of hydrazine groups is 1. The maximum absolute atomic E-state index is 13.8. The van der Waals surface area contributed by atoms with Crippen LogP contribution >= 0.6 is 15.9 Å². The van der Waals surface area contributed by atoms with Crippen molar-refractivity contribution in [2.75, 3.05) is 11.5 Å². The molecule has 7 nitrogen and oxygen atoms in total. The monoisotopic (exact) mass is 533 g/mol. The minimum Gasteiger partial charge on any atom is -0.494 e. The highest BCUT2D eigenvalue weighted by molar-refractivity contribution is 9.10. The number of ether oxygens (including phenoxy) is 1. The van der Waals surface area contributed by atoms with Gasteiger partial charge in [-0.3, -0.25) is 19.4 Å². The van der Waals surface area contributed by atoms with E-state index in [0.717, 1.165) is 15.6 Å².